The molecular weight excluding hydrogens is 628 g/mol. The molecule has 3 aliphatic rings. The van der Waals surface area contributed by atoms with Gasteiger partial charge in [-0.2, -0.15) is 17.2 Å². The van der Waals surface area contributed by atoms with Gasteiger partial charge in [-0.25, -0.2) is 9.18 Å². The Morgan fingerprint density at radius 3 is 2.57 bits per heavy atom. The Morgan fingerprint density at radius 1 is 1.19 bits per heavy atom. The number of esters is 1. The van der Waals surface area contributed by atoms with Crippen LogP contribution >= 0.6 is 22.6 Å². The van der Waals surface area contributed by atoms with Crippen LogP contribution in [-0.4, -0.2) is 49.4 Å². The highest BCUT2D eigenvalue weighted by Crippen LogP contribution is 2.59. The van der Waals surface area contributed by atoms with E-state index in [0.717, 1.165) is 27.7 Å². The smallest absolute Gasteiger partial charge is 0.400 e. The van der Waals surface area contributed by atoms with Crippen LogP contribution in [0.5, 0.6) is 5.75 Å². The Balaban J connectivity index is 1.36. The van der Waals surface area contributed by atoms with Gasteiger partial charge in [0, 0.05) is 12.3 Å². The summed E-state index contributed by atoms with van der Waals surface area (Å²) < 4.78 is 88.4. The van der Waals surface area contributed by atoms with E-state index in [-0.39, 0.29) is 17.6 Å². The summed E-state index contributed by atoms with van der Waals surface area (Å²) in [5.41, 5.74) is 0.0589. The van der Waals surface area contributed by atoms with Crippen LogP contribution in [0.4, 0.5) is 13.2 Å². The van der Waals surface area contributed by atoms with E-state index in [1.807, 2.05) is 13.8 Å². The number of hydrogen-bond donors (Lipinski definition) is 1. The molecule has 3 aliphatic carbocycles. The van der Waals surface area contributed by atoms with Gasteiger partial charge in [0.2, 0.25) is 6.29 Å². The van der Waals surface area contributed by atoms with Gasteiger partial charge >= 0.3 is 21.3 Å². The fourth-order valence-electron chi connectivity index (χ4n) is 6.17. The highest BCUT2D eigenvalue weighted by atomic mass is 127. The Kier molecular flexibility index (Phi) is 8.71. The van der Waals surface area contributed by atoms with E-state index >= 15 is 0 Å². The lowest BCUT2D eigenvalue weighted by Crippen LogP contribution is -2.39. The molecule has 0 spiro atoms. The third-order valence-electron chi connectivity index (χ3n) is 7.94. The first-order valence-electron chi connectivity index (χ1n) is 12.6. The number of benzene rings is 1. The SMILES string of the molecule is CC(C)C(Oc1cc(C(=O)OCCC(F)C(F)(F)S(=O)(=O)O)ccc1I)OC1CC2CC1C1CCCC21. The zero-order valence-corrected chi connectivity index (χ0v) is 23.6. The van der Waals surface area contributed by atoms with Crippen molar-refractivity contribution in [2.45, 2.75) is 76.2 Å². The Hall–Kier alpha value is -1.12. The molecule has 3 fully saturated rings. The van der Waals surface area contributed by atoms with Gasteiger partial charge in [-0.3, -0.25) is 4.55 Å². The maximum absolute atomic E-state index is 13.6. The molecule has 37 heavy (non-hydrogen) atoms. The molecule has 3 saturated carbocycles. The van der Waals surface area contributed by atoms with Crippen LogP contribution in [0.2, 0.25) is 0 Å². The fraction of sp³-hybridized carbons (Fsp3) is 0.720. The van der Waals surface area contributed by atoms with Crippen LogP contribution in [0.1, 0.15) is 62.7 Å². The molecule has 0 aromatic heterocycles. The zero-order chi connectivity index (χ0) is 27.1. The van der Waals surface area contributed by atoms with Gasteiger partial charge in [0.05, 0.1) is 21.8 Å². The molecule has 7 unspecified atom stereocenters. The van der Waals surface area contributed by atoms with Crippen molar-refractivity contribution in [3.05, 3.63) is 27.3 Å². The highest BCUT2D eigenvalue weighted by Gasteiger charge is 2.55. The summed E-state index contributed by atoms with van der Waals surface area (Å²) in [6, 6.07) is 4.55. The average molecular weight is 660 g/mol. The average Bonchev–Trinajstić information content (AvgIpc) is 3.52. The van der Waals surface area contributed by atoms with Crippen molar-refractivity contribution in [2.75, 3.05) is 6.61 Å². The number of carbonyl (C=O) groups excluding carboxylic acids is 1. The predicted molar refractivity (Wildman–Crippen MR) is 137 cm³/mol. The van der Waals surface area contributed by atoms with Gasteiger partial charge in [-0.15, -0.1) is 0 Å². The van der Waals surface area contributed by atoms with Crippen molar-refractivity contribution in [3.8, 4) is 5.75 Å². The van der Waals surface area contributed by atoms with Gasteiger partial charge in [-0.05, 0) is 90.1 Å². The van der Waals surface area contributed by atoms with Crippen LogP contribution in [0.15, 0.2) is 18.2 Å². The first-order chi connectivity index (χ1) is 17.3. The second-order valence-corrected chi connectivity index (χ2v) is 13.3. The van der Waals surface area contributed by atoms with Crippen molar-refractivity contribution < 1.29 is 45.1 Å². The standard InChI is InChI=1S/C25H32F3IO7S/c1-13(2)24(35-20-12-15-10-18(20)17-5-3-4-16(15)17)36-21-11-14(6-7-19(21)29)23(30)34-9-8-22(26)25(27,28)37(31,32)33/h6-7,11,13,15-18,20,22,24H,3-5,8-10,12H2,1-2H3,(H,31,32,33). The number of alkyl halides is 3. The normalized spacial score (nSPS) is 28.8. The van der Waals surface area contributed by atoms with E-state index in [1.165, 1.54) is 37.8 Å². The van der Waals surface area contributed by atoms with Gasteiger partial charge in [0.25, 0.3) is 0 Å². The molecule has 0 saturated heterocycles. The second kappa shape index (κ2) is 11.2. The number of halogens is 4. The van der Waals surface area contributed by atoms with E-state index in [1.54, 1.807) is 6.07 Å². The van der Waals surface area contributed by atoms with E-state index in [0.29, 0.717) is 11.7 Å². The minimum Gasteiger partial charge on any atom is -0.464 e. The van der Waals surface area contributed by atoms with Gasteiger partial charge in [-0.1, -0.05) is 20.3 Å². The largest absolute Gasteiger partial charge is 0.464 e. The molecule has 7 nitrogen and oxygen atoms in total. The Morgan fingerprint density at radius 2 is 1.89 bits per heavy atom. The molecular formula is C25H32F3IO7S. The molecule has 208 valence electrons. The fourth-order valence-corrected chi connectivity index (χ4v) is 7.07. The minimum absolute atomic E-state index is 0.0378. The molecule has 0 aliphatic heterocycles. The molecule has 1 aromatic carbocycles. The number of rotatable bonds is 11. The molecule has 4 rings (SSSR count). The summed E-state index contributed by atoms with van der Waals surface area (Å²) in [7, 11) is -5.93. The quantitative estimate of drug-likeness (QED) is 0.138. The topological polar surface area (TPSA) is 99.1 Å². The van der Waals surface area contributed by atoms with E-state index in [9.17, 15) is 26.4 Å². The van der Waals surface area contributed by atoms with E-state index in [4.69, 9.17) is 18.8 Å². The minimum atomic E-state index is -5.93. The second-order valence-electron chi connectivity index (χ2n) is 10.6. The lowest BCUT2D eigenvalue weighted by Gasteiger charge is -2.35. The van der Waals surface area contributed by atoms with Crippen molar-refractivity contribution in [3.63, 3.8) is 0 Å². The van der Waals surface area contributed by atoms with Crippen molar-refractivity contribution in [1.29, 1.82) is 0 Å². The molecule has 7 atom stereocenters. The Bertz CT molecular complexity index is 1100. The van der Waals surface area contributed by atoms with Crippen molar-refractivity contribution >= 4 is 38.7 Å². The van der Waals surface area contributed by atoms with Crippen LogP contribution < -0.4 is 4.74 Å². The molecule has 1 aromatic rings. The molecule has 2 bridgehead atoms. The van der Waals surface area contributed by atoms with Crippen molar-refractivity contribution in [2.24, 2.45) is 29.6 Å². The maximum Gasteiger partial charge on any atom is 0.400 e. The summed E-state index contributed by atoms with van der Waals surface area (Å²) in [6.45, 7) is 3.19. The molecule has 0 heterocycles. The number of ether oxygens (including phenoxy) is 3. The molecule has 0 radical (unpaired) electrons. The summed E-state index contributed by atoms with van der Waals surface area (Å²) in [4.78, 5) is 12.4. The molecule has 12 heteroatoms. The summed E-state index contributed by atoms with van der Waals surface area (Å²) in [5.74, 6) is 2.42. The summed E-state index contributed by atoms with van der Waals surface area (Å²) >= 11 is 2.07. The van der Waals surface area contributed by atoms with Gasteiger partial charge in [0.1, 0.15) is 5.75 Å². The maximum atomic E-state index is 13.6. The van der Waals surface area contributed by atoms with E-state index < -0.39 is 46.8 Å². The van der Waals surface area contributed by atoms with Gasteiger partial charge < -0.3 is 14.2 Å². The number of hydrogen-bond acceptors (Lipinski definition) is 6. The first kappa shape index (κ1) is 28.9. The van der Waals surface area contributed by atoms with Crippen molar-refractivity contribution in [1.82, 2.24) is 0 Å². The van der Waals surface area contributed by atoms with Crippen LogP contribution in [-0.2, 0) is 19.6 Å². The summed E-state index contributed by atoms with van der Waals surface area (Å²) in [6.07, 6.45) is 1.45. The van der Waals surface area contributed by atoms with Gasteiger partial charge in [0.15, 0.2) is 6.17 Å². The lowest BCUT2D eigenvalue weighted by molar-refractivity contribution is -0.162. The molecule has 1 N–H and O–H groups in total. The van der Waals surface area contributed by atoms with E-state index in [2.05, 4.69) is 22.6 Å². The molecule has 0 amide bonds. The Labute approximate surface area is 228 Å². The monoisotopic (exact) mass is 660 g/mol. The summed E-state index contributed by atoms with van der Waals surface area (Å²) in [5, 5.41) is -4.99. The third kappa shape index (κ3) is 6.06. The predicted octanol–water partition coefficient (Wildman–Crippen LogP) is 5.86. The zero-order valence-electron chi connectivity index (χ0n) is 20.6. The number of fused-ring (bicyclic) bond motifs is 5. The number of carbonyl (C=O) groups is 1. The highest BCUT2D eigenvalue weighted by molar-refractivity contribution is 14.1. The van der Waals surface area contributed by atoms with Crippen LogP contribution in [0, 0.1) is 33.2 Å². The third-order valence-corrected chi connectivity index (χ3v) is 9.78. The lowest BCUT2D eigenvalue weighted by atomic mass is 9.80. The van der Waals surface area contributed by atoms with Crippen LogP contribution in [0.25, 0.3) is 0 Å². The first-order valence-corrected chi connectivity index (χ1v) is 15.1. The van der Waals surface area contributed by atoms with Crippen LogP contribution in [0.3, 0.4) is 0 Å².